The first-order chi connectivity index (χ1) is 14.6. The van der Waals surface area contributed by atoms with Crippen molar-refractivity contribution < 1.29 is 19.2 Å². The van der Waals surface area contributed by atoms with Crippen molar-refractivity contribution in [2.24, 2.45) is 0 Å². The molecule has 2 N–H and O–H groups in total. The molecule has 1 amide bonds. The van der Waals surface area contributed by atoms with E-state index in [1.54, 1.807) is 18.2 Å². The van der Waals surface area contributed by atoms with Crippen molar-refractivity contribution in [1.29, 1.82) is 0 Å². The van der Waals surface area contributed by atoms with Gasteiger partial charge >= 0.3 is 0 Å². The van der Waals surface area contributed by atoms with Crippen LogP contribution in [-0.2, 0) is 16.1 Å². The topological polar surface area (TPSA) is 106 Å². The van der Waals surface area contributed by atoms with Gasteiger partial charge in [-0.2, -0.15) is 0 Å². The monoisotopic (exact) mass is 414 g/mol. The molecule has 9 nitrogen and oxygen atoms in total. The molecule has 0 spiro atoms. The van der Waals surface area contributed by atoms with Crippen LogP contribution in [0.4, 0.5) is 11.4 Å². The summed E-state index contributed by atoms with van der Waals surface area (Å²) in [5.41, 5.74) is 1.17. The third-order valence-electron chi connectivity index (χ3n) is 4.71. The molecule has 0 unspecified atom stereocenters. The molecule has 1 aliphatic rings. The zero-order valence-corrected chi connectivity index (χ0v) is 16.7. The number of ether oxygens (including phenoxy) is 2. The highest BCUT2D eigenvalue weighted by molar-refractivity contribution is 5.81. The largest absolute Gasteiger partial charge is 0.492 e. The van der Waals surface area contributed by atoms with Gasteiger partial charge in [0.25, 0.3) is 5.69 Å². The summed E-state index contributed by atoms with van der Waals surface area (Å²) in [6.45, 7) is 5.12. The number of morpholine rings is 1. The van der Waals surface area contributed by atoms with Crippen molar-refractivity contribution in [3.8, 4) is 5.75 Å². The summed E-state index contributed by atoms with van der Waals surface area (Å²) in [6.07, 6.45) is 0. The van der Waals surface area contributed by atoms with Crippen LogP contribution in [0.25, 0.3) is 0 Å². The number of anilines is 1. The maximum atomic E-state index is 12.1. The molecule has 0 aliphatic carbocycles. The number of nitrogens with one attached hydrogen (secondary N) is 2. The van der Waals surface area contributed by atoms with Gasteiger partial charge in [0, 0.05) is 32.2 Å². The summed E-state index contributed by atoms with van der Waals surface area (Å²) in [5.74, 6) is 0.500. The maximum Gasteiger partial charge on any atom is 0.292 e. The van der Waals surface area contributed by atoms with Crippen LogP contribution in [-0.4, -0.2) is 61.7 Å². The number of hydrogen-bond donors (Lipinski definition) is 2. The second-order valence-electron chi connectivity index (χ2n) is 6.85. The summed E-state index contributed by atoms with van der Waals surface area (Å²) < 4.78 is 11.2. The molecular formula is C21H26N4O5. The number of rotatable bonds is 10. The Morgan fingerprint density at radius 1 is 1.17 bits per heavy atom. The van der Waals surface area contributed by atoms with E-state index in [2.05, 4.69) is 15.5 Å². The molecule has 1 saturated heterocycles. The number of nitro groups is 1. The van der Waals surface area contributed by atoms with Gasteiger partial charge in [0.2, 0.25) is 5.91 Å². The van der Waals surface area contributed by atoms with Crippen molar-refractivity contribution in [3.63, 3.8) is 0 Å². The Morgan fingerprint density at radius 3 is 2.77 bits per heavy atom. The van der Waals surface area contributed by atoms with Gasteiger partial charge in [-0.05, 0) is 23.8 Å². The molecule has 9 heteroatoms. The number of nitro benzene ring substituents is 1. The average Bonchev–Trinajstić information content (AvgIpc) is 2.77. The lowest BCUT2D eigenvalue weighted by Crippen LogP contribution is -2.38. The van der Waals surface area contributed by atoms with Crippen LogP contribution in [0.2, 0.25) is 0 Å². The second-order valence-corrected chi connectivity index (χ2v) is 6.85. The molecule has 2 aromatic rings. The molecule has 0 saturated carbocycles. The number of amides is 1. The van der Waals surface area contributed by atoms with Gasteiger partial charge in [-0.15, -0.1) is 0 Å². The van der Waals surface area contributed by atoms with Crippen molar-refractivity contribution in [2.45, 2.75) is 6.54 Å². The van der Waals surface area contributed by atoms with E-state index in [0.29, 0.717) is 18.8 Å². The lowest BCUT2D eigenvalue weighted by Gasteiger charge is -2.26. The van der Waals surface area contributed by atoms with Crippen LogP contribution in [0.5, 0.6) is 5.75 Å². The third kappa shape index (κ3) is 6.71. The molecule has 1 aliphatic heterocycles. The van der Waals surface area contributed by atoms with Crippen LogP contribution in [0.1, 0.15) is 5.56 Å². The Labute approximate surface area is 175 Å². The van der Waals surface area contributed by atoms with Gasteiger partial charge in [-0.1, -0.05) is 24.3 Å². The molecule has 30 heavy (non-hydrogen) atoms. The molecule has 0 atom stereocenters. The standard InChI is InChI=1S/C21H26N4O5/c26-21(16-22-19-6-1-2-7-20(19)25(27)28)23-15-17-4-3-5-18(14-17)30-13-10-24-8-11-29-12-9-24/h1-7,14,22H,8-13,15-16H2,(H,23,26). The number of carbonyl (C=O) groups is 1. The van der Waals surface area contributed by atoms with Gasteiger partial charge in [0.15, 0.2) is 0 Å². The molecular weight excluding hydrogens is 388 g/mol. The highest BCUT2D eigenvalue weighted by atomic mass is 16.6. The van der Waals surface area contributed by atoms with E-state index in [1.165, 1.54) is 6.07 Å². The normalized spacial score (nSPS) is 14.1. The summed E-state index contributed by atoms with van der Waals surface area (Å²) in [4.78, 5) is 25.0. The van der Waals surface area contributed by atoms with E-state index in [-0.39, 0.29) is 18.1 Å². The van der Waals surface area contributed by atoms with Crippen molar-refractivity contribution >= 4 is 17.3 Å². The first kappa shape index (κ1) is 21.5. The smallest absolute Gasteiger partial charge is 0.292 e. The van der Waals surface area contributed by atoms with E-state index < -0.39 is 4.92 Å². The molecule has 0 bridgehead atoms. The van der Waals surface area contributed by atoms with Gasteiger partial charge in [-0.3, -0.25) is 19.8 Å². The number of carbonyl (C=O) groups excluding carboxylic acids is 1. The van der Waals surface area contributed by atoms with Gasteiger partial charge in [0.05, 0.1) is 24.7 Å². The lowest BCUT2D eigenvalue weighted by atomic mass is 10.2. The predicted octanol–water partition coefficient (Wildman–Crippen LogP) is 2.03. The Bertz CT molecular complexity index is 855. The quantitative estimate of drug-likeness (QED) is 0.453. The van der Waals surface area contributed by atoms with Crippen molar-refractivity contribution in [2.75, 3.05) is 51.3 Å². The van der Waals surface area contributed by atoms with Crippen LogP contribution in [0.15, 0.2) is 48.5 Å². The van der Waals surface area contributed by atoms with E-state index in [1.807, 2.05) is 24.3 Å². The number of para-hydroxylation sites is 2. The van der Waals surface area contributed by atoms with Crippen molar-refractivity contribution in [3.05, 3.63) is 64.2 Å². The van der Waals surface area contributed by atoms with E-state index in [0.717, 1.165) is 44.2 Å². The van der Waals surface area contributed by atoms with Gasteiger partial charge in [-0.25, -0.2) is 0 Å². The second kappa shape index (κ2) is 11.1. The Morgan fingerprint density at radius 2 is 1.97 bits per heavy atom. The summed E-state index contributed by atoms with van der Waals surface area (Å²) in [5, 5.41) is 16.6. The van der Waals surface area contributed by atoms with Crippen LogP contribution in [0.3, 0.4) is 0 Å². The fraction of sp³-hybridized carbons (Fsp3) is 0.381. The predicted molar refractivity (Wildman–Crippen MR) is 113 cm³/mol. The molecule has 3 rings (SSSR count). The summed E-state index contributed by atoms with van der Waals surface area (Å²) in [7, 11) is 0. The highest BCUT2D eigenvalue weighted by Crippen LogP contribution is 2.22. The third-order valence-corrected chi connectivity index (χ3v) is 4.71. The fourth-order valence-electron chi connectivity index (χ4n) is 3.08. The number of hydrogen-bond acceptors (Lipinski definition) is 7. The molecule has 0 aromatic heterocycles. The van der Waals surface area contributed by atoms with E-state index >= 15 is 0 Å². The first-order valence-electron chi connectivity index (χ1n) is 9.87. The Kier molecular flexibility index (Phi) is 7.99. The van der Waals surface area contributed by atoms with Crippen LogP contribution in [0, 0.1) is 10.1 Å². The van der Waals surface area contributed by atoms with Crippen molar-refractivity contribution in [1.82, 2.24) is 10.2 Å². The lowest BCUT2D eigenvalue weighted by molar-refractivity contribution is -0.383. The molecule has 1 heterocycles. The van der Waals surface area contributed by atoms with E-state index in [9.17, 15) is 14.9 Å². The molecule has 2 aromatic carbocycles. The zero-order chi connectivity index (χ0) is 21.2. The SMILES string of the molecule is O=C(CNc1ccccc1[N+](=O)[O-])NCc1cccc(OCCN2CCOCC2)c1. The maximum absolute atomic E-state index is 12.1. The molecule has 0 radical (unpaired) electrons. The Hall–Kier alpha value is -3.17. The highest BCUT2D eigenvalue weighted by Gasteiger charge is 2.13. The molecule has 1 fully saturated rings. The van der Waals surface area contributed by atoms with E-state index in [4.69, 9.17) is 9.47 Å². The Balaban J connectivity index is 1.41. The first-order valence-corrected chi connectivity index (χ1v) is 9.87. The minimum absolute atomic E-state index is 0.0550. The number of benzene rings is 2. The average molecular weight is 414 g/mol. The minimum atomic E-state index is -0.481. The minimum Gasteiger partial charge on any atom is -0.492 e. The van der Waals surface area contributed by atoms with Crippen LogP contribution < -0.4 is 15.4 Å². The molecule has 160 valence electrons. The summed E-state index contributed by atoms with van der Waals surface area (Å²) in [6, 6.07) is 13.8. The fourth-order valence-corrected chi connectivity index (χ4v) is 3.08. The van der Waals surface area contributed by atoms with Crippen LogP contribution >= 0.6 is 0 Å². The van der Waals surface area contributed by atoms with Gasteiger partial charge < -0.3 is 20.1 Å². The van der Waals surface area contributed by atoms with Gasteiger partial charge in [0.1, 0.15) is 18.0 Å². The number of nitrogens with zero attached hydrogens (tertiary/aromatic N) is 2. The summed E-state index contributed by atoms with van der Waals surface area (Å²) >= 11 is 0. The zero-order valence-electron chi connectivity index (χ0n) is 16.7.